The van der Waals surface area contributed by atoms with Crippen LogP contribution < -0.4 is 4.74 Å². The molecule has 27 heavy (non-hydrogen) atoms. The highest BCUT2D eigenvalue weighted by molar-refractivity contribution is 5.94. The molecule has 144 valence electrons. The SMILES string of the molecule is O=C(c1ccccc1F)N1CCCN(CCCCOc2ccccc2)CC1. The van der Waals surface area contributed by atoms with Crippen LogP contribution in [0.4, 0.5) is 4.39 Å². The second kappa shape index (κ2) is 10.1. The molecule has 0 aromatic heterocycles. The summed E-state index contributed by atoms with van der Waals surface area (Å²) in [6.45, 7) is 4.85. The van der Waals surface area contributed by atoms with Crippen molar-refractivity contribution in [1.82, 2.24) is 9.80 Å². The first-order valence-electron chi connectivity index (χ1n) is 9.68. The Bertz CT molecular complexity index is 723. The number of carbonyl (C=O) groups is 1. The van der Waals surface area contributed by atoms with Crippen LogP contribution >= 0.6 is 0 Å². The minimum Gasteiger partial charge on any atom is -0.494 e. The molecule has 1 fully saturated rings. The maximum atomic E-state index is 13.9. The summed E-state index contributed by atoms with van der Waals surface area (Å²) >= 11 is 0. The molecule has 0 unspecified atom stereocenters. The number of benzene rings is 2. The van der Waals surface area contributed by atoms with Gasteiger partial charge in [0.05, 0.1) is 12.2 Å². The second-order valence-corrected chi connectivity index (χ2v) is 6.84. The zero-order chi connectivity index (χ0) is 18.9. The van der Waals surface area contributed by atoms with Crippen LogP contribution in [0, 0.1) is 5.82 Å². The van der Waals surface area contributed by atoms with Gasteiger partial charge < -0.3 is 14.5 Å². The lowest BCUT2D eigenvalue weighted by Gasteiger charge is -2.22. The largest absolute Gasteiger partial charge is 0.494 e. The van der Waals surface area contributed by atoms with E-state index in [1.807, 2.05) is 30.3 Å². The van der Waals surface area contributed by atoms with Crippen molar-refractivity contribution in [2.45, 2.75) is 19.3 Å². The predicted octanol–water partition coefficient (Wildman–Crippen LogP) is 3.83. The van der Waals surface area contributed by atoms with Gasteiger partial charge in [-0.15, -0.1) is 0 Å². The minimum absolute atomic E-state index is 0.170. The third kappa shape index (κ3) is 5.79. The van der Waals surface area contributed by atoms with Crippen molar-refractivity contribution in [3.05, 3.63) is 66.0 Å². The summed E-state index contributed by atoms with van der Waals surface area (Å²) in [6.07, 6.45) is 2.98. The lowest BCUT2D eigenvalue weighted by molar-refractivity contribution is 0.0756. The Balaban J connectivity index is 1.38. The minimum atomic E-state index is -0.443. The molecule has 0 bridgehead atoms. The van der Waals surface area contributed by atoms with Crippen LogP contribution in [-0.2, 0) is 0 Å². The molecule has 0 spiro atoms. The van der Waals surface area contributed by atoms with Gasteiger partial charge in [0.25, 0.3) is 5.91 Å². The highest BCUT2D eigenvalue weighted by atomic mass is 19.1. The molecule has 1 saturated heterocycles. The number of rotatable bonds is 7. The number of ether oxygens (including phenoxy) is 1. The van der Waals surface area contributed by atoms with E-state index in [1.54, 1.807) is 23.1 Å². The number of hydrogen-bond donors (Lipinski definition) is 0. The Morgan fingerprint density at radius 3 is 2.52 bits per heavy atom. The van der Waals surface area contributed by atoms with Crippen LogP contribution in [0.15, 0.2) is 54.6 Å². The second-order valence-electron chi connectivity index (χ2n) is 6.84. The van der Waals surface area contributed by atoms with Crippen molar-refractivity contribution in [3.63, 3.8) is 0 Å². The number of carbonyl (C=O) groups excluding carboxylic acids is 1. The Labute approximate surface area is 160 Å². The molecular weight excluding hydrogens is 343 g/mol. The van der Waals surface area contributed by atoms with Gasteiger partial charge >= 0.3 is 0 Å². The van der Waals surface area contributed by atoms with E-state index in [-0.39, 0.29) is 11.5 Å². The molecule has 0 atom stereocenters. The van der Waals surface area contributed by atoms with E-state index in [9.17, 15) is 9.18 Å². The first-order valence-corrected chi connectivity index (χ1v) is 9.68. The fourth-order valence-corrected chi connectivity index (χ4v) is 3.35. The maximum absolute atomic E-state index is 13.9. The average Bonchev–Trinajstić information content (AvgIpc) is 2.94. The van der Waals surface area contributed by atoms with E-state index in [2.05, 4.69) is 4.90 Å². The van der Waals surface area contributed by atoms with Crippen molar-refractivity contribution in [2.24, 2.45) is 0 Å². The molecule has 2 aromatic rings. The van der Waals surface area contributed by atoms with E-state index in [1.165, 1.54) is 6.07 Å². The van der Waals surface area contributed by atoms with Gasteiger partial charge in [0, 0.05) is 19.6 Å². The molecule has 2 aromatic carbocycles. The van der Waals surface area contributed by atoms with Crippen molar-refractivity contribution >= 4 is 5.91 Å². The third-order valence-corrected chi connectivity index (χ3v) is 4.86. The molecule has 0 N–H and O–H groups in total. The maximum Gasteiger partial charge on any atom is 0.256 e. The van der Waals surface area contributed by atoms with E-state index in [0.29, 0.717) is 13.1 Å². The van der Waals surface area contributed by atoms with Crippen LogP contribution in [-0.4, -0.2) is 55.0 Å². The monoisotopic (exact) mass is 370 g/mol. The highest BCUT2D eigenvalue weighted by Crippen LogP contribution is 2.13. The lowest BCUT2D eigenvalue weighted by atomic mass is 10.2. The lowest BCUT2D eigenvalue weighted by Crippen LogP contribution is -2.35. The fourth-order valence-electron chi connectivity index (χ4n) is 3.35. The summed E-state index contributed by atoms with van der Waals surface area (Å²) in [6, 6.07) is 16.1. The summed E-state index contributed by atoms with van der Waals surface area (Å²) < 4.78 is 19.6. The fraction of sp³-hybridized carbons (Fsp3) is 0.409. The molecule has 4 nitrogen and oxygen atoms in total. The number of nitrogens with zero attached hydrogens (tertiary/aromatic N) is 2. The summed E-state index contributed by atoms with van der Waals surface area (Å²) in [5.74, 6) is 0.266. The zero-order valence-corrected chi connectivity index (χ0v) is 15.6. The molecule has 5 heteroatoms. The normalized spacial score (nSPS) is 15.4. The van der Waals surface area contributed by atoms with E-state index < -0.39 is 5.82 Å². The number of amides is 1. The van der Waals surface area contributed by atoms with E-state index in [0.717, 1.165) is 51.3 Å². The van der Waals surface area contributed by atoms with Crippen molar-refractivity contribution in [3.8, 4) is 5.75 Å². The molecule has 0 saturated carbocycles. The first-order chi connectivity index (χ1) is 13.2. The van der Waals surface area contributed by atoms with Crippen LogP contribution in [0.5, 0.6) is 5.75 Å². The topological polar surface area (TPSA) is 32.8 Å². The summed E-state index contributed by atoms with van der Waals surface area (Å²) in [5, 5.41) is 0. The van der Waals surface area contributed by atoms with Gasteiger partial charge in [-0.25, -0.2) is 4.39 Å². The molecule has 3 rings (SSSR count). The standard InChI is InChI=1S/C22H27FN2O2/c23-21-12-5-4-11-20(21)22(26)25-15-8-14-24(16-17-25)13-6-7-18-27-19-9-2-1-3-10-19/h1-5,9-12H,6-8,13-18H2. The van der Waals surface area contributed by atoms with Crippen molar-refractivity contribution in [1.29, 1.82) is 0 Å². The molecule has 0 aliphatic carbocycles. The van der Waals surface area contributed by atoms with Gasteiger partial charge in [-0.2, -0.15) is 0 Å². The Morgan fingerprint density at radius 2 is 1.70 bits per heavy atom. The number of unbranched alkanes of at least 4 members (excludes halogenated alkanes) is 1. The van der Waals surface area contributed by atoms with Gasteiger partial charge in [-0.05, 0) is 56.6 Å². The van der Waals surface area contributed by atoms with Crippen LogP contribution in [0.1, 0.15) is 29.6 Å². The average molecular weight is 370 g/mol. The van der Waals surface area contributed by atoms with Crippen LogP contribution in [0.3, 0.4) is 0 Å². The van der Waals surface area contributed by atoms with Gasteiger partial charge in [0.1, 0.15) is 11.6 Å². The van der Waals surface area contributed by atoms with Gasteiger partial charge in [0.2, 0.25) is 0 Å². The quantitative estimate of drug-likeness (QED) is 0.695. The van der Waals surface area contributed by atoms with Crippen molar-refractivity contribution < 1.29 is 13.9 Å². The summed E-state index contributed by atoms with van der Waals surface area (Å²) in [5.41, 5.74) is 0.170. The predicted molar refractivity (Wildman–Crippen MR) is 105 cm³/mol. The van der Waals surface area contributed by atoms with E-state index >= 15 is 0 Å². The van der Waals surface area contributed by atoms with Gasteiger partial charge in [0.15, 0.2) is 0 Å². The Kier molecular flexibility index (Phi) is 7.22. The Hall–Kier alpha value is -2.40. The molecule has 0 radical (unpaired) electrons. The smallest absolute Gasteiger partial charge is 0.256 e. The molecule has 1 heterocycles. The number of para-hydroxylation sites is 1. The number of hydrogen-bond acceptors (Lipinski definition) is 3. The molecular formula is C22H27FN2O2. The third-order valence-electron chi connectivity index (χ3n) is 4.86. The highest BCUT2D eigenvalue weighted by Gasteiger charge is 2.22. The molecule has 1 amide bonds. The zero-order valence-electron chi connectivity index (χ0n) is 15.6. The van der Waals surface area contributed by atoms with Crippen molar-refractivity contribution in [2.75, 3.05) is 39.3 Å². The van der Waals surface area contributed by atoms with E-state index in [4.69, 9.17) is 4.74 Å². The first kappa shape index (κ1) is 19.4. The van der Waals surface area contributed by atoms with Crippen LogP contribution in [0.25, 0.3) is 0 Å². The summed E-state index contributed by atoms with van der Waals surface area (Å²) in [4.78, 5) is 16.7. The molecule has 1 aliphatic heterocycles. The summed E-state index contributed by atoms with van der Waals surface area (Å²) in [7, 11) is 0. The molecule has 1 aliphatic rings. The Morgan fingerprint density at radius 1 is 0.926 bits per heavy atom. The van der Waals surface area contributed by atoms with Crippen LogP contribution in [0.2, 0.25) is 0 Å². The van der Waals surface area contributed by atoms with Gasteiger partial charge in [-0.3, -0.25) is 4.79 Å². The number of halogens is 1. The van der Waals surface area contributed by atoms with Gasteiger partial charge in [-0.1, -0.05) is 30.3 Å².